The molecule has 0 aromatic carbocycles. The summed E-state index contributed by atoms with van der Waals surface area (Å²) in [5.41, 5.74) is -3.15. The Balaban J connectivity index is 5.46. The predicted molar refractivity (Wildman–Crippen MR) is 85.2 cm³/mol. The monoisotopic (exact) mass is 302 g/mol. The van der Waals surface area contributed by atoms with Gasteiger partial charge in [0, 0.05) is 0 Å². The zero-order chi connectivity index (χ0) is 16.5. The maximum absolute atomic E-state index is 11.6. The molecule has 3 N–H and O–H groups in total. The maximum atomic E-state index is 11.6. The number of carbonyl (C=O) groups excluding carboxylic acids is 1. The number of rotatable bonds is 12. The zero-order valence-corrected chi connectivity index (χ0v) is 14.2. The van der Waals surface area contributed by atoms with Crippen LogP contribution in [0.1, 0.15) is 85.5 Å². The molecule has 0 spiro atoms. The molecule has 0 aliphatic heterocycles. The van der Waals surface area contributed by atoms with Crippen LogP contribution in [0.25, 0.3) is 0 Å². The first-order chi connectivity index (χ1) is 9.79. The highest BCUT2D eigenvalue weighted by Gasteiger charge is 2.53. The van der Waals surface area contributed by atoms with Crippen molar-refractivity contribution in [2.24, 2.45) is 0 Å². The second kappa shape index (κ2) is 9.54. The first kappa shape index (κ1) is 20.6. The molecule has 4 heteroatoms. The Labute approximate surface area is 129 Å². The molecule has 0 fully saturated rings. The first-order valence-corrected chi connectivity index (χ1v) is 8.42. The second-order valence-corrected chi connectivity index (χ2v) is 6.28. The highest BCUT2D eigenvalue weighted by molar-refractivity contribution is 5.81. The highest BCUT2D eigenvalue weighted by atomic mass is 16.4. The van der Waals surface area contributed by atoms with Gasteiger partial charge in [0.05, 0.1) is 5.60 Å². The van der Waals surface area contributed by atoms with Crippen LogP contribution in [-0.4, -0.2) is 38.4 Å². The normalized spacial score (nSPS) is 16.5. The Bertz CT molecular complexity index is 295. The van der Waals surface area contributed by atoms with Gasteiger partial charge >= 0.3 is 0 Å². The van der Waals surface area contributed by atoms with Crippen LogP contribution >= 0.6 is 0 Å². The molecule has 4 nitrogen and oxygen atoms in total. The largest absolute Gasteiger partial charge is 0.387 e. The molecule has 0 rings (SSSR count). The van der Waals surface area contributed by atoms with Gasteiger partial charge in [-0.2, -0.15) is 0 Å². The number of hydrogen-bond acceptors (Lipinski definition) is 4. The zero-order valence-electron chi connectivity index (χ0n) is 14.2. The minimum absolute atomic E-state index is 0.244. The van der Waals surface area contributed by atoms with Crippen molar-refractivity contribution < 1.29 is 20.1 Å². The van der Waals surface area contributed by atoms with Crippen LogP contribution in [0, 0.1) is 0 Å². The van der Waals surface area contributed by atoms with Gasteiger partial charge in [0.1, 0.15) is 11.7 Å². The fourth-order valence-corrected chi connectivity index (χ4v) is 2.90. The van der Waals surface area contributed by atoms with Crippen LogP contribution in [0.2, 0.25) is 0 Å². The maximum Gasteiger partial charge on any atom is 0.161 e. The lowest BCUT2D eigenvalue weighted by molar-refractivity contribution is -0.212. The lowest BCUT2D eigenvalue weighted by atomic mass is 9.69. The van der Waals surface area contributed by atoms with Gasteiger partial charge in [-0.3, -0.25) is 4.79 Å². The third kappa shape index (κ3) is 5.35. The summed E-state index contributed by atoms with van der Waals surface area (Å²) in [6.45, 7) is 7.29. The lowest BCUT2D eigenvalue weighted by Crippen LogP contribution is -2.63. The van der Waals surface area contributed by atoms with E-state index in [1.807, 2.05) is 20.8 Å². The summed E-state index contributed by atoms with van der Waals surface area (Å²) in [6, 6.07) is 0. The molecule has 0 aliphatic carbocycles. The molecule has 0 saturated heterocycles. The fraction of sp³-hybridized carbons (Fsp3) is 0.941. The van der Waals surface area contributed by atoms with Crippen LogP contribution in [0.4, 0.5) is 0 Å². The van der Waals surface area contributed by atoms with Gasteiger partial charge in [0.2, 0.25) is 0 Å². The van der Waals surface area contributed by atoms with E-state index in [1.165, 1.54) is 6.92 Å². The molecule has 2 unspecified atom stereocenters. The average molecular weight is 302 g/mol. The lowest BCUT2D eigenvalue weighted by Gasteiger charge is -2.46. The van der Waals surface area contributed by atoms with Gasteiger partial charge in [-0.25, -0.2) is 0 Å². The van der Waals surface area contributed by atoms with Crippen molar-refractivity contribution in [2.45, 2.75) is 103 Å². The van der Waals surface area contributed by atoms with Gasteiger partial charge in [0.15, 0.2) is 5.78 Å². The number of aliphatic hydroxyl groups is 3. The molecule has 0 bridgehead atoms. The molecule has 0 saturated carbocycles. The Hall–Kier alpha value is -0.450. The van der Waals surface area contributed by atoms with Gasteiger partial charge in [-0.15, -0.1) is 0 Å². The Morgan fingerprint density at radius 1 is 0.905 bits per heavy atom. The SMILES string of the molecule is CCCCC(O)(CCCC)C(O)(CCCC)C(O)C(C)=O. The standard InChI is InChI=1S/C17H34O4/c1-5-8-11-16(20,12-9-6-2)17(21,13-10-7-3)15(19)14(4)18/h15,19-21H,5-13H2,1-4H3. The van der Waals surface area contributed by atoms with Crippen molar-refractivity contribution in [3.05, 3.63) is 0 Å². The molecular formula is C17H34O4. The minimum atomic E-state index is -1.75. The first-order valence-electron chi connectivity index (χ1n) is 8.42. The smallest absolute Gasteiger partial charge is 0.161 e. The number of carbonyl (C=O) groups is 1. The molecule has 0 aromatic heterocycles. The van der Waals surface area contributed by atoms with Crippen molar-refractivity contribution in [3.63, 3.8) is 0 Å². The number of aliphatic hydroxyl groups excluding tert-OH is 1. The molecular weight excluding hydrogens is 268 g/mol. The minimum Gasteiger partial charge on any atom is -0.387 e. The van der Waals surface area contributed by atoms with Crippen molar-refractivity contribution >= 4 is 5.78 Å². The third-order valence-electron chi connectivity index (χ3n) is 4.44. The average Bonchev–Trinajstić information content (AvgIpc) is 2.47. The number of unbranched alkanes of at least 4 members (excludes halogenated alkanes) is 3. The van der Waals surface area contributed by atoms with Crippen molar-refractivity contribution in [3.8, 4) is 0 Å². The van der Waals surface area contributed by atoms with Crippen LogP contribution in [0.3, 0.4) is 0 Å². The van der Waals surface area contributed by atoms with Crippen molar-refractivity contribution in [1.29, 1.82) is 0 Å². The Morgan fingerprint density at radius 2 is 1.29 bits per heavy atom. The molecule has 0 amide bonds. The summed E-state index contributed by atoms with van der Waals surface area (Å²) in [4.78, 5) is 11.6. The topological polar surface area (TPSA) is 77.8 Å². The van der Waals surface area contributed by atoms with E-state index in [9.17, 15) is 20.1 Å². The summed E-state index contributed by atoms with van der Waals surface area (Å²) >= 11 is 0. The van der Waals surface area contributed by atoms with Crippen LogP contribution in [0.5, 0.6) is 0 Å². The Morgan fingerprint density at radius 3 is 1.62 bits per heavy atom. The summed E-state index contributed by atoms with van der Waals surface area (Å²) in [5.74, 6) is -0.486. The number of ketones is 1. The molecule has 0 heterocycles. The third-order valence-corrected chi connectivity index (χ3v) is 4.44. The summed E-state index contributed by atoms with van der Waals surface area (Å²) in [5, 5.41) is 32.4. The summed E-state index contributed by atoms with van der Waals surface area (Å²) in [7, 11) is 0. The van der Waals surface area contributed by atoms with Crippen LogP contribution in [-0.2, 0) is 4.79 Å². The summed E-state index contributed by atoms with van der Waals surface area (Å²) in [6.07, 6.45) is 4.37. The highest BCUT2D eigenvalue weighted by Crippen LogP contribution is 2.39. The van der Waals surface area contributed by atoms with Gasteiger partial charge in [-0.1, -0.05) is 59.3 Å². The number of Topliss-reactive ketones (excluding diaryl/α,β-unsaturated/α-hetero) is 1. The van der Waals surface area contributed by atoms with Crippen molar-refractivity contribution in [2.75, 3.05) is 0 Å². The van der Waals surface area contributed by atoms with E-state index < -0.39 is 23.1 Å². The molecule has 0 aliphatic rings. The molecule has 0 radical (unpaired) electrons. The molecule has 2 atom stereocenters. The van der Waals surface area contributed by atoms with E-state index in [1.54, 1.807) is 0 Å². The van der Waals surface area contributed by atoms with E-state index in [4.69, 9.17) is 0 Å². The van der Waals surface area contributed by atoms with E-state index >= 15 is 0 Å². The van der Waals surface area contributed by atoms with Crippen LogP contribution < -0.4 is 0 Å². The van der Waals surface area contributed by atoms with Gasteiger partial charge in [-0.05, 0) is 26.2 Å². The van der Waals surface area contributed by atoms with Gasteiger partial charge in [0.25, 0.3) is 0 Å². The van der Waals surface area contributed by atoms with E-state index in [0.717, 1.165) is 32.1 Å². The van der Waals surface area contributed by atoms with E-state index in [0.29, 0.717) is 19.3 Å². The summed E-state index contributed by atoms with van der Waals surface area (Å²) < 4.78 is 0. The fourth-order valence-electron chi connectivity index (χ4n) is 2.90. The second-order valence-electron chi connectivity index (χ2n) is 6.28. The van der Waals surface area contributed by atoms with E-state index in [2.05, 4.69) is 0 Å². The number of hydrogen-bond donors (Lipinski definition) is 3. The Kier molecular flexibility index (Phi) is 9.34. The molecule has 126 valence electrons. The van der Waals surface area contributed by atoms with Crippen molar-refractivity contribution in [1.82, 2.24) is 0 Å². The quantitative estimate of drug-likeness (QED) is 0.518. The molecule has 0 aromatic rings. The van der Waals surface area contributed by atoms with E-state index in [-0.39, 0.29) is 6.42 Å². The molecule has 21 heavy (non-hydrogen) atoms. The van der Waals surface area contributed by atoms with Crippen LogP contribution in [0.15, 0.2) is 0 Å². The van der Waals surface area contributed by atoms with Gasteiger partial charge < -0.3 is 15.3 Å². The predicted octanol–water partition coefficient (Wildman–Crippen LogP) is 2.97.